The molecule has 0 amide bonds. The highest BCUT2D eigenvalue weighted by Crippen LogP contribution is 2.44. The first kappa shape index (κ1) is 18.2. The Morgan fingerprint density at radius 3 is 2.72 bits per heavy atom. The molecule has 148 valence electrons. The fourth-order valence-electron chi connectivity index (χ4n) is 4.58. The molecule has 0 saturated heterocycles. The van der Waals surface area contributed by atoms with Gasteiger partial charge in [0.1, 0.15) is 18.2 Å². The Morgan fingerprint density at radius 1 is 1.14 bits per heavy atom. The molecule has 0 radical (unpaired) electrons. The summed E-state index contributed by atoms with van der Waals surface area (Å²) in [6.45, 7) is 3.35. The first-order chi connectivity index (χ1) is 14.2. The number of carbonyl (C=O) groups excluding carboxylic acids is 1. The number of aryl methyl sites for hydroxylation is 1. The molecule has 4 heteroatoms. The molecule has 29 heavy (non-hydrogen) atoms. The first-order valence-corrected chi connectivity index (χ1v) is 10.4. The lowest BCUT2D eigenvalue weighted by Crippen LogP contribution is -2.39. The Hall–Kier alpha value is -2.85. The van der Waals surface area contributed by atoms with Crippen LogP contribution in [0.1, 0.15) is 52.7 Å². The molecule has 0 aromatic heterocycles. The molecule has 0 unspecified atom stereocenters. The van der Waals surface area contributed by atoms with Gasteiger partial charge in [0, 0.05) is 12.6 Å². The lowest BCUT2D eigenvalue weighted by Gasteiger charge is -2.34. The highest BCUT2D eigenvalue weighted by Gasteiger charge is 2.36. The van der Waals surface area contributed by atoms with Crippen LogP contribution in [0.25, 0.3) is 6.08 Å². The van der Waals surface area contributed by atoms with Crippen molar-refractivity contribution in [2.45, 2.75) is 45.2 Å². The average Bonchev–Trinajstić information content (AvgIpc) is 3.38. The summed E-state index contributed by atoms with van der Waals surface area (Å²) < 4.78 is 12.2. The standard InChI is InChI=1S/C25H25NO3/c1-17-14-22-20(15-26(16-28-22)19-11-5-6-12-19)25-23(17)24(27)21(29-25)13-7-10-18-8-3-2-4-9-18/h2-4,7-10,13-14,19H,5-6,11-12,15-16H2,1H3/b10-7+,21-13-. The van der Waals surface area contributed by atoms with Crippen molar-refractivity contribution in [1.82, 2.24) is 4.90 Å². The number of carbonyl (C=O) groups is 1. The largest absolute Gasteiger partial charge is 0.478 e. The zero-order valence-electron chi connectivity index (χ0n) is 16.7. The van der Waals surface area contributed by atoms with E-state index in [9.17, 15) is 4.79 Å². The van der Waals surface area contributed by atoms with Crippen LogP contribution in [0.3, 0.4) is 0 Å². The van der Waals surface area contributed by atoms with Crippen LogP contribution in [0, 0.1) is 6.92 Å². The van der Waals surface area contributed by atoms with E-state index >= 15 is 0 Å². The summed E-state index contributed by atoms with van der Waals surface area (Å²) in [5, 5.41) is 0. The highest BCUT2D eigenvalue weighted by atomic mass is 16.5. The summed E-state index contributed by atoms with van der Waals surface area (Å²) in [6.07, 6.45) is 10.6. The summed E-state index contributed by atoms with van der Waals surface area (Å²) in [5.74, 6) is 1.87. The Labute approximate surface area is 171 Å². The molecule has 2 aromatic carbocycles. The average molecular weight is 387 g/mol. The molecule has 1 fully saturated rings. The molecule has 3 aliphatic rings. The van der Waals surface area contributed by atoms with Crippen LogP contribution in [-0.2, 0) is 6.54 Å². The minimum atomic E-state index is -0.0454. The summed E-state index contributed by atoms with van der Waals surface area (Å²) in [5.41, 5.74) is 3.68. The van der Waals surface area contributed by atoms with E-state index in [1.165, 1.54) is 25.7 Å². The molecular weight excluding hydrogens is 362 g/mol. The van der Waals surface area contributed by atoms with E-state index in [1.54, 1.807) is 6.08 Å². The predicted octanol–water partition coefficient (Wildman–Crippen LogP) is 5.26. The minimum Gasteiger partial charge on any atom is -0.478 e. The van der Waals surface area contributed by atoms with E-state index in [0.717, 1.165) is 29.0 Å². The molecule has 2 aliphatic heterocycles. The Balaban J connectivity index is 1.43. The first-order valence-electron chi connectivity index (χ1n) is 10.4. The van der Waals surface area contributed by atoms with E-state index in [1.807, 2.05) is 55.5 Å². The lowest BCUT2D eigenvalue weighted by atomic mass is 9.98. The van der Waals surface area contributed by atoms with Gasteiger partial charge in [-0.25, -0.2) is 0 Å². The quantitative estimate of drug-likeness (QED) is 0.673. The lowest BCUT2D eigenvalue weighted by molar-refractivity contribution is 0.0566. The number of fused-ring (bicyclic) bond motifs is 3. The molecule has 5 rings (SSSR count). The Morgan fingerprint density at radius 2 is 1.93 bits per heavy atom. The SMILES string of the molecule is Cc1cc2c(c3c1C(=O)/C(=C/C=C/c1ccccc1)O3)CN(C1CCCC1)CO2. The fraction of sp³-hybridized carbons (Fsp3) is 0.320. The topological polar surface area (TPSA) is 38.8 Å². The van der Waals surface area contributed by atoms with Crippen LogP contribution >= 0.6 is 0 Å². The molecule has 0 bridgehead atoms. The second-order valence-corrected chi connectivity index (χ2v) is 8.06. The Bertz CT molecular complexity index is 1000. The number of rotatable bonds is 3. The number of hydrogen-bond acceptors (Lipinski definition) is 4. The van der Waals surface area contributed by atoms with Crippen molar-refractivity contribution in [2.24, 2.45) is 0 Å². The van der Waals surface area contributed by atoms with E-state index in [4.69, 9.17) is 9.47 Å². The second-order valence-electron chi connectivity index (χ2n) is 8.06. The maximum absolute atomic E-state index is 13.0. The summed E-state index contributed by atoms with van der Waals surface area (Å²) in [6, 6.07) is 12.6. The molecule has 4 nitrogen and oxygen atoms in total. The van der Waals surface area contributed by atoms with Gasteiger partial charge in [-0.1, -0.05) is 55.3 Å². The third kappa shape index (κ3) is 3.38. The normalized spacial score (nSPS) is 20.7. The van der Waals surface area contributed by atoms with E-state index in [0.29, 0.717) is 29.8 Å². The zero-order valence-corrected chi connectivity index (χ0v) is 16.7. The molecule has 2 aromatic rings. The van der Waals surface area contributed by atoms with Crippen LogP contribution in [-0.4, -0.2) is 23.5 Å². The summed E-state index contributed by atoms with van der Waals surface area (Å²) in [7, 11) is 0. The van der Waals surface area contributed by atoms with Gasteiger partial charge in [0.25, 0.3) is 0 Å². The van der Waals surface area contributed by atoms with Crippen LogP contribution < -0.4 is 9.47 Å². The molecule has 0 spiro atoms. The second kappa shape index (κ2) is 7.53. The molecule has 1 saturated carbocycles. The van der Waals surface area contributed by atoms with Gasteiger partial charge >= 0.3 is 0 Å². The number of ether oxygens (including phenoxy) is 2. The molecule has 0 atom stereocenters. The maximum Gasteiger partial charge on any atom is 0.232 e. The zero-order chi connectivity index (χ0) is 19.8. The van der Waals surface area contributed by atoms with Crippen LogP contribution in [0.2, 0.25) is 0 Å². The van der Waals surface area contributed by atoms with Gasteiger partial charge in [0.2, 0.25) is 5.78 Å². The smallest absolute Gasteiger partial charge is 0.232 e. The van der Waals surface area contributed by atoms with Crippen molar-refractivity contribution in [3.63, 3.8) is 0 Å². The molecule has 2 heterocycles. The van der Waals surface area contributed by atoms with Crippen molar-refractivity contribution < 1.29 is 14.3 Å². The maximum atomic E-state index is 13.0. The molecular formula is C25H25NO3. The van der Waals surface area contributed by atoms with Gasteiger partial charge in [-0.15, -0.1) is 0 Å². The molecule has 1 aliphatic carbocycles. The monoisotopic (exact) mass is 387 g/mol. The van der Waals surface area contributed by atoms with Gasteiger partial charge in [0.15, 0.2) is 5.76 Å². The van der Waals surface area contributed by atoms with Crippen LogP contribution in [0.4, 0.5) is 0 Å². The third-order valence-corrected chi connectivity index (χ3v) is 6.13. The van der Waals surface area contributed by atoms with Gasteiger partial charge in [0.05, 0.1) is 11.1 Å². The van der Waals surface area contributed by atoms with Crippen molar-refractivity contribution in [3.05, 3.63) is 76.6 Å². The van der Waals surface area contributed by atoms with Crippen LogP contribution in [0.15, 0.2) is 54.3 Å². The molecule has 0 N–H and O–H groups in total. The number of hydrogen-bond donors (Lipinski definition) is 0. The van der Waals surface area contributed by atoms with E-state index in [-0.39, 0.29) is 5.78 Å². The van der Waals surface area contributed by atoms with Crippen molar-refractivity contribution in [3.8, 4) is 11.5 Å². The van der Waals surface area contributed by atoms with Gasteiger partial charge in [-0.2, -0.15) is 0 Å². The summed E-state index contributed by atoms with van der Waals surface area (Å²) in [4.78, 5) is 15.4. The van der Waals surface area contributed by atoms with Crippen molar-refractivity contribution >= 4 is 11.9 Å². The third-order valence-electron chi connectivity index (χ3n) is 6.13. The number of benzene rings is 2. The predicted molar refractivity (Wildman–Crippen MR) is 113 cm³/mol. The van der Waals surface area contributed by atoms with Gasteiger partial charge in [-0.05, 0) is 43.0 Å². The van der Waals surface area contributed by atoms with E-state index in [2.05, 4.69) is 4.90 Å². The fourth-order valence-corrected chi connectivity index (χ4v) is 4.58. The highest BCUT2D eigenvalue weighted by molar-refractivity contribution is 6.14. The number of Topliss-reactive ketones (excluding diaryl/α,β-unsaturated/α-hetero) is 1. The van der Waals surface area contributed by atoms with Crippen LogP contribution in [0.5, 0.6) is 11.5 Å². The number of nitrogens with zero attached hydrogens (tertiary/aromatic N) is 1. The van der Waals surface area contributed by atoms with E-state index < -0.39 is 0 Å². The number of ketones is 1. The Kier molecular flexibility index (Phi) is 4.72. The number of allylic oxidation sites excluding steroid dienone is 3. The minimum absolute atomic E-state index is 0.0454. The van der Waals surface area contributed by atoms with Gasteiger partial charge in [-0.3, -0.25) is 9.69 Å². The van der Waals surface area contributed by atoms with Crippen molar-refractivity contribution in [2.75, 3.05) is 6.73 Å². The van der Waals surface area contributed by atoms with Crippen molar-refractivity contribution in [1.29, 1.82) is 0 Å². The summed E-state index contributed by atoms with van der Waals surface area (Å²) >= 11 is 0. The van der Waals surface area contributed by atoms with Gasteiger partial charge < -0.3 is 9.47 Å².